The van der Waals surface area contributed by atoms with Crippen molar-refractivity contribution in [2.24, 2.45) is 0 Å². The van der Waals surface area contributed by atoms with Crippen LogP contribution in [0.25, 0.3) is 0 Å². The average molecular weight is 346 g/mol. The summed E-state index contributed by atoms with van der Waals surface area (Å²) in [4.78, 5) is 0. The molecule has 2 aromatic carbocycles. The largest absolute Gasteiger partial charge is 0.495 e. The van der Waals surface area contributed by atoms with Gasteiger partial charge in [-0.2, -0.15) is 0 Å². The van der Waals surface area contributed by atoms with Crippen LogP contribution in [0.3, 0.4) is 0 Å². The smallest absolute Gasteiger partial charge is 0.146 e. The molecule has 1 unspecified atom stereocenters. The van der Waals surface area contributed by atoms with Gasteiger partial charge in [-0.3, -0.25) is 0 Å². The van der Waals surface area contributed by atoms with Gasteiger partial charge in [0.1, 0.15) is 16.5 Å². The summed E-state index contributed by atoms with van der Waals surface area (Å²) in [5.74, 6) is 1.03. The lowest BCUT2D eigenvalue weighted by Crippen LogP contribution is -2.00. The van der Waals surface area contributed by atoms with Gasteiger partial charge in [-0.1, -0.05) is 35.3 Å². The van der Waals surface area contributed by atoms with Gasteiger partial charge in [0.2, 0.25) is 0 Å². The Morgan fingerprint density at radius 2 is 1.62 bits per heavy atom. The van der Waals surface area contributed by atoms with Crippen LogP contribution in [0.5, 0.6) is 11.5 Å². The van der Waals surface area contributed by atoms with E-state index in [1.165, 1.54) is 0 Å². The van der Waals surface area contributed by atoms with Gasteiger partial charge in [0.15, 0.2) is 0 Å². The molecule has 2 rings (SSSR count). The molecule has 0 saturated heterocycles. The normalized spacial score (nSPS) is 12.1. The first kappa shape index (κ1) is 16.3. The number of hydrogen-bond acceptors (Lipinski definition) is 2. The third-order valence-corrected chi connectivity index (χ3v) is 4.37. The molecular formula is C16H15Cl3O2. The maximum absolute atomic E-state index is 6.58. The topological polar surface area (TPSA) is 18.5 Å². The Morgan fingerprint density at radius 1 is 0.952 bits per heavy atom. The van der Waals surface area contributed by atoms with Crippen molar-refractivity contribution in [3.8, 4) is 11.5 Å². The van der Waals surface area contributed by atoms with Crippen LogP contribution in [-0.4, -0.2) is 14.2 Å². The number of benzene rings is 2. The van der Waals surface area contributed by atoms with Gasteiger partial charge in [0, 0.05) is 10.6 Å². The van der Waals surface area contributed by atoms with Crippen molar-refractivity contribution in [1.82, 2.24) is 0 Å². The summed E-state index contributed by atoms with van der Waals surface area (Å²) >= 11 is 19.1. The van der Waals surface area contributed by atoms with Crippen LogP contribution in [0.2, 0.25) is 10.0 Å². The Kier molecular flexibility index (Phi) is 5.26. The van der Waals surface area contributed by atoms with Crippen molar-refractivity contribution >= 4 is 34.8 Å². The fourth-order valence-corrected chi connectivity index (χ4v) is 3.21. The van der Waals surface area contributed by atoms with E-state index in [0.717, 1.165) is 16.7 Å². The van der Waals surface area contributed by atoms with Gasteiger partial charge < -0.3 is 9.47 Å². The Balaban J connectivity index is 2.52. The Morgan fingerprint density at radius 3 is 2.19 bits per heavy atom. The van der Waals surface area contributed by atoms with Crippen molar-refractivity contribution in [3.05, 3.63) is 57.1 Å². The molecule has 0 fully saturated rings. The quantitative estimate of drug-likeness (QED) is 0.667. The SMILES string of the molecule is COc1ccc(C(Cl)c2ccc(C)cc2Cl)c(OC)c1Cl. The van der Waals surface area contributed by atoms with E-state index in [0.29, 0.717) is 21.5 Å². The summed E-state index contributed by atoms with van der Waals surface area (Å²) in [5.41, 5.74) is 2.63. The molecule has 5 heteroatoms. The number of methoxy groups -OCH3 is 2. The Labute approximate surface area is 139 Å². The monoisotopic (exact) mass is 344 g/mol. The number of aryl methyl sites for hydroxylation is 1. The third kappa shape index (κ3) is 3.23. The van der Waals surface area contributed by atoms with Crippen LogP contribution in [0.1, 0.15) is 22.1 Å². The zero-order chi connectivity index (χ0) is 15.6. The highest BCUT2D eigenvalue weighted by Crippen LogP contribution is 2.44. The molecule has 2 nitrogen and oxygen atoms in total. The van der Waals surface area contributed by atoms with Crippen LogP contribution in [0.4, 0.5) is 0 Å². The maximum atomic E-state index is 6.58. The van der Waals surface area contributed by atoms with Crippen molar-refractivity contribution in [3.63, 3.8) is 0 Å². The molecule has 21 heavy (non-hydrogen) atoms. The minimum Gasteiger partial charge on any atom is -0.495 e. The predicted molar refractivity (Wildman–Crippen MR) is 88.4 cm³/mol. The van der Waals surface area contributed by atoms with Gasteiger partial charge in [0.05, 0.1) is 19.6 Å². The molecule has 0 N–H and O–H groups in total. The molecule has 0 radical (unpaired) electrons. The van der Waals surface area contributed by atoms with Gasteiger partial charge in [-0.15, -0.1) is 11.6 Å². The van der Waals surface area contributed by atoms with Crippen LogP contribution in [0.15, 0.2) is 30.3 Å². The van der Waals surface area contributed by atoms with Gasteiger partial charge >= 0.3 is 0 Å². The van der Waals surface area contributed by atoms with Crippen LogP contribution in [0, 0.1) is 6.92 Å². The van der Waals surface area contributed by atoms with Gasteiger partial charge in [-0.05, 0) is 36.2 Å². The Bertz CT molecular complexity index is 656. The predicted octanol–water partition coefficient (Wildman–Crippen LogP) is 5.65. The first-order valence-corrected chi connectivity index (χ1v) is 7.49. The van der Waals surface area contributed by atoms with Crippen LogP contribution >= 0.6 is 34.8 Å². The average Bonchev–Trinajstić information content (AvgIpc) is 2.46. The fraction of sp³-hybridized carbons (Fsp3) is 0.250. The molecular weight excluding hydrogens is 331 g/mol. The molecule has 0 aliphatic heterocycles. The van der Waals surface area contributed by atoms with Crippen LogP contribution < -0.4 is 9.47 Å². The second-order valence-corrected chi connectivity index (χ2v) is 5.81. The minimum atomic E-state index is -0.462. The Hall–Kier alpha value is -1.09. The van der Waals surface area contributed by atoms with Crippen molar-refractivity contribution in [2.75, 3.05) is 14.2 Å². The molecule has 2 aromatic rings. The van der Waals surface area contributed by atoms with E-state index in [9.17, 15) is 0 Å². The molecule has 1 atom stereocenters. The lowest BCUT2D eigenvalue weighted by Gasteiger charge is -2.18. The van der Waals surface area contributed by atoms with E-state index in [1.54, 1.807) is 20.3 Å². The second kappa shape index (κ2) is 6.78. The summed E-state index contributed by atoms with van der Waals surface area (Å²) in [7, 11) is 3.10. The van der Waals surface area contributed by atoms with E-state index in [2.05, 4.69) is 0 Å². The highest BCUT2D eigenvalue weighted by atomic mass is 35.5. The molecule has 0 saturated carbocycles. The highest BCUT2D eigenvalue weighted by molar-refractivity contribution is 6.34. The summed E-state index contributed by atoms with van der Waals surface area (Å²) in [6.45, 7) is 1.98. The molecule has 0 amide bonds. The van der Waals surface area contributed by atoms with E-state index in [4.69, 9.17) is 44.3 Å². The fourth-order valence-electron chi connectivity index (χ4n) is 2.12. The van der Waals surface area contributed by atoms with Crippen LogP contribution in [-0.2, 0) is 0 Å². The third-order valence-electron chi connectivity index (χ3n) is 3.22. The standard InChI is InChI=1S/C16H15Cl3O2/c1-9-4-5-10(12(17)8-9)14(18)11-6-7-13(20-2)15(19)16(11)21-3/h4-8,14H,1-3H3. The minimum absolute atomic E-state index is 0.395. The molecule has 0 aliphatic carbocycles. The summed E-state index contributed by atoms with van der Waals surface area (Å²) in [6.07, 6.45) is 0. The van der Waals surface area contributed by atoms with Crippen molar-refractivity contribution < 1.29 is 9.47 Å². The second-order valence-electron chi connectivity index (χ2n) is 4.59. The van der Waals surface area contributed by atoms with E-state index in [1.807, 2.05) is 31.2 Å². The summed E-state index contributed by atoms with van der Waals surface area (Å²) < 4.78 is 10.6. The molecule has 0 bridgehead atoms. The molecule has 0 aromatic heterocycles. The van der Waals surface area contributed by atoms with Crippen molar-refractivity contribution in [1.29, 1.82) is 0 Å². The molecule has 0 aliphatic rings. The number of ether oxygens (including phenoxy) is 2. The van der Waals surface area contributed by atoms with E-state index in [-0.39, 0.29) is 0 Å². The number of alkyl halides is 1. The zero-order valence-electron chi connectivity index (χ0n) is 11.9. The molecule has 0 spiro atoms. The van der Waals surface area contributed by atoms with E-state index < -0.39 is 5.38 Å². The summed E-state index contributed by atoms with van der Waals surface area (Å²) in [6, 6.07) is 9.35. The number of rotatable bonds is 4. The zero-order valence-corrected chi connectivity index (χ0v) is 14.2. The first-order chi connectivity index (χ1) is 9.99. The molecule has 112 valence electrons. The number of hydrogen-bond donors (Lipinski definition) is 0. The lowest BCUT2D eigenvalue weighted by atomic mass is 10.0. The summed E-state index contributed by atoms with van der Waals surface area (Å²) in [5, 5.41) is 0.548. The lowest BCUT2D eigenvalue weighted by molar-refractivity contribution is 0.392. The first-order valence-electron chi connectivity index (χ1n) is 6.30. The van der Waals surface area contributed by atoms with Crippen molar-refractivity contribution in [2.45, 2.75) is 12.3 Å². The van der Waals surface area contributed by atoms with Gasteiger partial charge in [-0.25, -0.2) is 0 Å². The van der Waals surface area contributed by atoms with E-state index >= 15 is 0 Å². The maximum Gasteiger partial charge on any atom is 0.146 e. The number of halogens is 3. The molecule has 0 heterocycles. The highest BCUT2D eigenvalue weighted by Gasteiger charge is 2.22. The van der Waals surface area contributed by atoms with Gasteiger partial charge in [0.25, 0.3) is 0 Å².